The number of carboxylic acids is 1. The fraction of sp³-hybridized carbons (Fsp3) is 0.857. The van der Waals surface area contributed by atoms with E-state index in [4.69, 9.17) is 5.11 Å². The Morgan fingerprint density at radius 2 is 2.50 bits per heavy atom. The van der Waals surface area contributed by atoms with Gasteiger partial charge in [-0.05, 0) is 19.4 Å². The topological polar surface area (TPSA) is 49.3 Å². The molecular formula is C7H13NO2. The van der Waals surface area contributed by atoms with Crippen molar-refractivity contribution in [2.45, 2.75) is 25.8 Å². The van der Waals surface area contributed by atoms with Gasteiger partial charge in [0.1, 0.15) is 0 Å². The lowest BCUT2D eigenvalue weighted by Crippen LogP contribution is -2.44. The molecule has 0 aromatic carbocycles. The summed E-state index contributed by atoms with van der Waals surface area (Å²) in [5, 5.41) is 11.7. The van der Waals surface area contributed by atoms with E-state index in [1.54, 1.807) is 6.92 Å². The molecule has 3 nitrogen and oxygen atoms in total. The molecule has 0 aromatic rings. The summed E-state index contributed by atoms with van der Waals surface area (Å²) in [5.74, 6) is -0.883. The molecule has 1 fully saturated rings. The minimum Gasteiger partial charge on any atom is -0.481 e. The third-order valence-corrected chi connectivity index (χ3v) is 1.99. The van der Waals surface area contributed by atoms with Gasteiger partial charge >= 0.3 is 5.97 Å². The van der Waals surface area contributed by atoms with Gasteiger partial charge in [-0.25, -0.2) is 0 Å². The molecule has 1 aliphatic rings. The van der Waals surface area contributed by atoms with Gasteiger partial charge in [0.05, 0.1) is 5.92 Å². The molecule has 2 unspecified atom stereocenters. The zero-order chi connectivity index (χ0) is 7.56. The largest absolute Gasteiger partial charge is 0.481 e. The van der Waals surface area contributed by atoms with Crippen molar-refractivity contribution in [1.82, 2.24) is 5.32 Å². The maximum Gasteiger partial charge on any atom is 0.306 e. The van der Waals surface area contributed by atoms with Gasteiger partial charge in [0.25, 0.3) is 0 Å². The lowest BCUT2D eigenvalue weighted by molar-refractivity contribution is -0.141. The Morgan fingerprint density at radius 3 is 2.80 bits per heavy atom. The molecule has 2 N–H and O–H groups in total. The van der Waals surface area contributed by atoms with Gasteiger partial charge < -0.3 is 10.4 Å². The highest BCUT2D eigenvalue weighted by Gasteiger charge is 2.22. The van der Waals surface area contributed by atoms with Crippen molar-refractivity contribution in [1.29, 1.82) is 0 Å². The Kier molecular flexibility index (Phi) is 2.27. The van der Waals surface area contributed by atoms with Crippen molar-refractivity contribution < 1.29 is 9.90 Å². The van der Waals surface area contributed by atoms with Gasteiger partial charge in [-0.15, -0.1) is 0 Å². The van der Waals surface area contributed by atoms with E-state index < -0.39 is 5.97 Å². The summed E-state index contributed by atoms with van der Waals surface area (Å²) in [5.41, 5.74) is 0. The molecule has 0 aromatic heterocycles. The molecule has 0 amide bonds. The number of hydrogen-bond acceptors (Lipinski definition) is 2. The highest BCUT2D eigenvalue weighted by atomic mass is 16.4. The smallest absolute Gasteiger partial charge is 0.306 e. The van der Waals surface area contributed by atoms with E-state index in [1.807, 2.05) is 0 Å². The number of aliphatic carboxylic acids is 1. The molecule has 1 rings (SSSR count). The first kappa shape index (κ1) is 7.54. The van der Waals surface area contributed by atoms with Gasteiger partial charge in [-0.3, -0.25) is 4.79 Å². The number of hydrogen-bond donors (Lipinski definition) is 2. The average Bonchev–Trinajstić information content (AvgIpc) is 1.77. The average molecular weight is 143 g/mol. The van der Waals surface area contributed by atoms with Crippen molar-refractivity contribution in [3.63, 3.8) is 0 Å². The van der Waals surface area contributed by atoms with Crippen molar-refractivity contribution in [2.75, 3.05) is 6.54 Å². The van der Waals surface area contributed by atoms with Crippen molar-refractivity contribution >= 4 is 5.97 Å². The van der Waals surface area contributed by atoms with E-state index in [0.717, 1.165) is 19.4 Å². The van der Waals surface area contributed by atoms with Gasteiger partial charge in [-0.2, -0.15) is 0 Å². The quantitative estimate of drug-likeness (QED) is 0.603. The second kappa shape index (κ2) is 3.01. The molecule has 0 bridgehead atoms. The van der Waals surface area contributed by atoms with Crippen LogP contribution >= 0.6 is 0 Å². The molecule has 2 atom stereocenters. The van der Waals surface area contributed by atoms with Crippen LogP contribution < -0.4 is 5.32 Å². The van der Waals surface area contributed by atoms with Gasteiger partial charge in [0.2, 0.25) is 0 Å². The predicted molar refractivity (Wildman–Crippen MR) is 37.8 cm³/mol. The molecule has 0 radical (unpaired) electrons. The molecule has 3 heteroatoms. The van der Waals surface area contributed by atoms with Crippen molar-refractivity contribution in [2.24, 2.45) is 5.92 Å². The van der Waals surface area contributed by atoms with E-state index in [2.05, 4.69) is 5.32 Å². The SMILES string of the molecule is CC(CC1CCN1)C(=O)O. The zero-order valence-corrected chi connectivity index (χ0v) is 6.13. The van der Waals surface area contributed by atoms with Gasteiger partial charge in [0, 0.05) is 6.04 Å². The van der Waals surface area contributed by atoms with Crippen LogP contribution in [0.3, 0.4) is 0 Å². The van der Waals surface area contributed by atoms with Crippen LogP contribution in [0.25, 0.3) is 0 Å². The van der Waals surface area contributed by atoms with Crippen LogP contribution in [0.1, 0.15) is 19.8 Å². The van der Waals surface area contributed by atoms with E-state index in [-0.39, 0.29) is 5.92 Å². The first-order valence-corrected chi connectivity index (χ1v) is 3.66. The second-order valence-corrected chi connectivity index (χ2v) is 2.91. The Labute approximate surface area is 60.4 Å². The van der Waals surface area contributed by atoms with E-state index >= 15 is 0 Å². The van der Waals surface area contributed by atoms with Crippen molar-refractivity contribution in [3.05, 3.63) is 0 Å². The van der Waals surface area contributed by atoms with Crippen LogP contribution in [0.5, 0.6) is 0 Å². The monoisotopic (exact) mass is 143 g/mol. The summed E-state index contributed by atoms with van der Waals surface area (Å²) >= 11 is 0. The van der Waals surface area contributed by atoms with E-state index in [9.17, 15) is 4.79 Å². The lowest BCUT2D eigenvalue weighted by atomic mass is 9.95. The minimum absolute atomic E-state index is 0.196. The fourth-order valence-electron chi connectivity index (χ4n) is 1.08. The fourth-order valence-corrected chi connectivity index (χ4v) is 1.08. The zero-order valence-electron chi connectivity index (χ0n) is 6.13. The molecule has 0 saturated carbocycles. The Hall–Kier alpha value is -0.570. The highest BCUT2D eigenvalue weighted by Crippen LogP contribution is 2.13. The molecule has 0 aliphatic carbocycles. The minimum atomic E-state index is -0.686. The maximum absolute atomic E-state index is 10.3. The summed E-state index contributed by atoms with van der Waals surface area (Å²) < 4.78 is 0. The Bertz CT molecular complexity index is 132. The van der Waals surface area contributed by atoms with E-state index in [0.29, 0.717) is 6.04 Å². The van der Waals surface area contributed by atoms with Gasteiger partial charge in [0.15, 0.2) is 0 Å². The van der Waals surface area contributed by atoms with Crippen LogP contribution in [-0.2, 0) is 4.79 Å². The van der Waals surface area contributed by atoms with E-state index in [1.165, 1.54) is 0 Å². The van der Waals surface area contributed by atoms with Crippen LogP contribution in [0, 0.1) is 5.92 Å². The Balaban J connectivity index is 2.16. The third kappa shape index (κ3) is 1.70. The predicted octanol–water partition coefficient (Wildman–Crippen LogP) is 0.459. The van der Waals surface area contributed by atoms with Crippen LogP contribution in [0.4, 0.5) is 0 Å². The molecule has 1 saturated heterocycles. The summed E-state index contributed by atoms with van der Waals surface area (Å²) in [4.78, 5) is 10.3. The number of carboxylic acid groups (broad SMARTS) is 1. The lowest BCUT2D eigenvalue weighted by Gasteiger charge is -2.28. The van der Waals surface area contributed by atoms with Crippen LogP contribution in [0.2, 0.25) is 0 Å². The highest BCUT2D eigenvalue weighted by molar-refractivity contribution is 5.69. The summed E-state index contributed by atoms with van der Waals surface area (Å²) in [6.07, 6.45) is 1.91. The summed E-state index contributed by atoms with van der Waals surface area (Å²) in [6, 6.07) is 0.464. The second-order valence-electron chi connectivity index (χ2n) is 2.91. The third-order valence-electron chi connectivity index (χ3n) is 1.99. The molecule has 1 heterocycles. The molecular weight excluding hydrogens is 130 g/mol. The molecule has 0 spiro atoms. The Morgan fingerprint density at radius 1 is 1.90 bits per heavy atom. The molecule has 1 aliphatic heterocycles. The molecule has 10 heavy (non-hydrogen) atoms. The van der Waals surface area contributed by atoms with Gasteiger partial charge in [-0.1, -0.05) is 6.92 Å². The first-order valence-electron chi connectivity index (χ1n) is 3.66. The van der Waals surface area contributed by atoms with Crippen molar-refractivity contribution in [3.8, 4) is 0 Å². The normalized spacial score (nSPS) is 27.1. The number of carbonyl (C=O) groups is 1. The maximum atomic E-state index is 10.3. The summed E-state index contributed by atoms with van der Waals surface area (Å²) in [7, 11) is 0. The van der Waals surface area contributed by atoms with Crippen LogP contribution in [-0.4, -0.2) is 23.7 Å². The number of rotatable bonds is 3. The summed E-state index contributed by atoms with van der Waals surface area (Å²) in [6.45, 7) is 2.80. The number of nitrogens with one attached hydrogen (secondary N) is 1. The first-order chi connectivity index (χ1) is 4.70. The molecule has 58 valence electrons. The standard InChI is InChI=1S/C7H13NO2/c1-5(7(9)10)4-6-2-3-8-6/h5-6,8H,2-4H2,1H3,(H,9,10). The van der Waals surface area contributed by atoms with Crippen LogP contribution in [0.15, 0.2) is 0 Å².